The molecule has 0 unspecified atom stereocenters. The summed E-state index contributed by atoms with van der Waals surface area (Å²) in [6, 6.07) is 16.0. The van der Waals surface area contributed by atoms with Gasteiger partial charge >= 0.3 is 5.97 Å². The largest absolute Gasteiger partial charge is 0.477 e. The number of amides is 1. The van der Waals surface area contributed by atoms with Gasteiger partial charge in [0.15, 0.2) is 0 Å². The number of hydrogen-bond acceptors (Lipinski definition) is 4. The van der Waals surface area contributed by atoms with Crippen molar-refractivity contribution in [2.24, 2.45) is 0 Å². The molecule has 2 heterocycles. The summed E-state index contributed by atoms with van der Waals surface area (Å²) in [6.45, 7) is 0. The standard InChI is InChI=1S/C20H15BrN4O3/c21-15-9-5-4-8-13(15)17-10-16(20(27)28)24-18-14(11-22-25(17)18)19(26)23-12-6-2-1-3-7-12/h1-11,17,24H,(H,23,26)(H,27,28)/t17-/m1/s1. The van der Waals surface area contributed by atoms with Gasteiger partial charge in [0.2, 0.25) is 0 Å². The van der Waals surface area contributed by atoms with E-state index in [1.165, 1.54) is 6.20 Å². The number of rotatable bonds is 4. The molecule has 7 nitrogen and oxygen atoms in total. The van der Waals surface area contributed by atoms with Gasteiger partial charge < -0.3 is 15.7 Å². The van der Waals surface area contributed by atoms with Crippen LogP contribution >= 0.6 is 15.9 Å². The Labute approximate surface area is 168 Å². The number of benzene rings is 2. The minimum absolute atomic E-state index is 0.0116. The lowest BCUT2D eigenvalue weighted by molar-refractivity contribution is -0.132. The molecule has 1 aliphatic heterocycles. The van der Waals surface area contributed by atoms with Gasteiger partial charge in [0.25, 0.3) is 5.91 Å². The fourth-order valence-electron chi connectivity index (χ4n) is 3.04. The number of hydrogen-bond donors (Lipinski definition) is 3. The third-order valence-corrected chi connectivity index (χ3v) is 5.09. The first-order valence-electron chi connectivity index (χ1n) is 8.45. The number of aliphatic carboxylic acids is 1. The second-order valence-electron chi connectivity index (χ2n) is 6.15. The van der Waals surface area contributed by atoms with Crippen LogP contribution in [0.1, 0.15) is 22.0 Å². The third kappa shape index (κ3) is 3.29. The Kier molecular flexibility index (Phi) is 4.70. The highest BCUT2D eigenvalue weighted by Crippen LogP contribution is 2.35. The molecule has 0 spiro atoms. The molecule has 0 radical (unpaired) electrons. The summed E-state index contributed by atoms with van der Waals surface area (Å²) >= 11 is 3.50. The number of halogens is 1. The summed E-state index contributed by atoms with van der Waals surface area (Å²) in [7, 11) is 0. The molecule has 0 saturated heterocycles. The number of aromatic nitrogens is 2. The van der Waals surface area contributed by atoms with Crippen molar-refractivity contribution in [1.82, 2.24) is 9.78 Å². The van der Waals surface area contributed by atoms with Crippen LogP contribution in [0.5, 0.6) is 0 Å². The topological polar surface area (TPSA) is 96.2 Å². The van der Waals surface area contributed by atoms with Gasteiger partial charge in [-0.05, 0) is 29.8 Å². The molecule has 4 rings (SSSR count). The number of nitrogens with zero attached hydrogens (tertiary/aromatic N) is 2. The number of allylic oxidation sites excluding steroid dienone is 1. The Bertz CT molecular complexity index is 1090. The van der Waals surface area contributed by atoms with Gasteiger partial charge in [-0.25, -0.2) is 9.48 Å². The number of carboxylic acid groups (broad SMARTS) is 1. The smallest absolute Gasteiger partial charge is 0.352 e. The summed E-state index contributed by atoms with van der Waals surface area (Å²) in [4.78, 5) is 24.4. The number of carbonyl (C=O) groups excluding carboxylic acids is 1. The SMILES string of the molecule is O=C(O)C1=C[C@H](c2ccccc2Br)n2ncc(C(=O)Nc3ccccc3)c2N1. The highest BCUT2D eigenvalue weighted by atomic mass is 79.9. The molecule has 1 atom stereocenters. The predicted octanol–water partition coefficient (Wildman–Crippen LogP) is 3.88. The minimum Gasteiger partial charge on any atom is -0.477 e. The molecule has 140 valence electrons. The molecule has 0 bridgehead atoms. The van der Waals surface area contributed by atoms with Gasteiger partial charge in [-0.1, -0.05) is 52.3 Å². The lowest BCUT2D eigenvalue weighted by Gasteiger charge is -2.25. The number of para-hydroxylation sites is 1. The fourth-order valence-corrected chi connectivity index (χ4v) is 3.56. The summed E-state index contributed by atoms with van der Waals surface area (Å²) < 4.78 is 2.42. The molecule has 3 aromatic rings. The highest BCUT2D eigenvalue weighted by molar-refractivity contribution is 9.10. The quantitative estimate of drug-likeness (QED) is 0.574. The fraction of sp³-hybridized carbons (Fsp3) is 0.0500. The molecular weight excluding hydrogens is 424 g/mol. The van der Waals surface area contributed by atoms with Crippen LogP contribution in [0.15, 0.2) is 77.0 Å². The first kappa shape index (κ1) is 18.0. The Morgan fingerprint density at radius 1 is 1.11 bits per heavy atom. The summed E-state index contributed by atoms with van der Waals surface area (Å²) in [5.74, 6) is -1.16. The average molecular weight is 439 g/mol. The number of anilines is 2. The van der Waals surface area contributed by atoms with Crippen molar-refractivity contribution in [3.8, 4) is 0 Å². The zero-order valence-electron chi connectivity index (χ0n) is 14.5. The van der Waals surface area contributed by atoms with E-state index in [2.05, 4.69) is 31.7 Å². The Morgan fingerprint density at radius 3 is 2.54 bits per heavy atom. The first-order chi connectivity index (χ1) is 13.5. The maximum atomic E-state index is 12.8. The Morgan fingerprint density at radius 2 is 1.82 bits per heavy atom. The van der Waals surface area contributed by atoms with Gasteiger partial charge in [0, 0.05) is 10.2 Å². The van der Waals surface area contributed by atoms with Gasteiger partial charge in [-0.15, -0.1) is 0 Å². The Hall–Kier alpha value is -3.39. The molecule has 1 amide bonds. The molecular formula is C20H15BrN4O3. The third-order valence-electron chi connectivity index (χ3n) is 4.37. The van der Waals surface area contributed by atoms with Crippen molar-refractivity contribution in [3.63, 3.8) is 0 Å². The minimum atomic E-state index is -1.11. The number of nitrogens with one attached hydrogen (secondary N) is 2. The molecule has 1 aliphatic rings. The lowest BCUT2D eigenvalue weighted by Crippen LogP contribution is -2.25. The van der Waals surface area contributed by atoms with Crippen molar-refractivity contribution in [3.05, 3.63) is 88.2 Å². The van der Waals surface area contributed by atoms with E-state index in [4.69, 9.17) is 0 Å². The van der Waals surface area contributed by atoms with Crippen molar-refractivity contribution < 1.29 is 14.7 Å². The molecule has 1 aromatic heterocycles. The Balaban J connectivity index is 1.75. The van der Waals surface area contributed by atoms with E-state index in [1.54, 1.807) is 22.9 Å². The van der Waals surface area contributed by atoms with Crippen LogP contribution in [-0.4, -0.2) is 26.8 Å². The summed E-state index contributed by atoms with van der Waals surface area (Å²) in [5, 5.41) is 19.5. The van der Waals surface area contributed by atoms with Crippen LogP contribution < -0.4 is 10.6 Å². The molecule has 2 aromatic carbocycles. The van der Waals surface area contributed by atoms with Crippen LogP contribution in [0.2, 0.25) is 0 Å². The maximum absolute atomic E-state index is 12.8. The van der Waals surface area contributed by atoms with Crippen LogP contribution in [0.4, 0.5) is 11.5 Å². The van der Waals surface area contributed by atoms with Crippen LogP contribution in [0.25, 0.3) is 0 Å². The van der Waals surface area contributed by atoms with E-state index < -0.39 is 12.0 Å². The average Bonchev–Trinajstić information content (AvgIpc) is 3.13. The normalized spacial score (nSPS) is 15.2. The summed E-state index contributed by atoms with van der Waals surface area (Å²) in [5.41, 5.74) is 1.72. The zero-order chi connectivity index (χ0) is 19.7. The number of fused-ring (bicyclic) bond motifs is 1. The van der Waals surface area contributed by atoms with E-state index in [1.807, 2.05) is 42.5 Å². The van der Waals surface area contributed by atoms with Crippen LogP contribution in [0, 0.1) is 0 Å². The van der Waals surface area contributed by atoms with Gasteiger partial charge in [0.1, 0.15) is 23.1 Å². The molecule has 28 heavy (non-hydrogen) atoms. The van der Waals surface area contributed by atoms with Gasteiger partial charge in [-0.2, -0.15) is 5.10 Å². The second-order valence-corrected chi connectivity index (χ2v) is 7.00. The monoisotopic (exact) mass is 438 g/mol. The molecule has 0 saturated carbocycles. The van der Waals surface area contributed by atoms with E-state index in [0.29, 0.717) is 11.5 Å². The molecule has 0 fully saturated rings. The van der Waals surface area contributed by atoms with E-state index in [0.717, 1.165) is 10.0 Å². The van der Waals surface area contributed by atoms with E-state index in [9.17, 15) is 14.7 Å². The second kappa shape index (κ2) is 7.32. The van der Waals surface area contributed by atoms with Crippen molar-refractivity contribution in [2.45, 2.75) is 6.04 Å². The molecule has 0 aliphatic carbocycles. The van der Waals surface area contributed by atoms with Gasteiger partial charge in [0.05, 0.1) is 6.20 Å². The molecule has 8 heteroatoms. The zero-order valence-corrected chi connectivity index (χ0v) is 16.1. The van der Waals surface area contributed by atoms with Gasteiger partial charge in [-0.3, -0.25) is 4.79 Å². The summed E-state index contributed by atoms with van der Waals surface area (Å²) in [6.07, 6.45) is 3.00. The molecule has 3 N–H and O–H groups in total. The number of carboxylic acids is 1. The highest BCUT2D eigenvalue weighted by Gasteiger charge is 2.30. The van der Waals surface area contributed by atoms with E-state index >= 15 is 0 Å². The van der Waals surface area contributed by atoms with Crippen molar-refractivity contribution in [2.75, 3.05) is 10.6 Å². The predicted molar refractivity (Wildman–Crippen MR) is 108 cm³/mol. The van der Waals surface area contributed by atoms with Crippen LogP contribution in [-0.2, 0) is 4.79 Å². The van der Waals surface area contributed by atoms with E-state index in [-0.39, 0.29) is 17.2 Å². The maximum Gasteiger partial charge on any atom is 0.352 e. The van der Waals surface area contributed by atoms with Crippen molar-refractivity contribution >= 4 is 39.3 Å². The van der Waals surface area contributed by atoms with Crippen molar-refractivity contribution in [1.29, 1.82) is 0 Å². The van der Waals surface area contributed by atoms with Crippen LogP contribution in [0.3, 0.4) is 0 Å². The lowest BCUT2D eigenvalue weighted by atomic mass is 10.0. The number of carbonyl (C=O) groups is 2. The first-order valence-corrected chi connectivity index (χ1v) is 9.24.